The van der Waals surface area contributed by atoms with Crippen LogP contribution in [-0.4, -0.2) is 29.8 Å². The molecule has 0 bridgehead atoms. The second-order valence-corrected chi connectivity index (χ2v) is 3.03. The fourth-order valence-corrected chi connectivity index (χ4v) is 1.10. The number of aromatic nitrogens is 1. The fourth-order valence-electron chi connectivity index (χ4n) is 1.10. The number of nitrogens with zero attached hydrogens (tertiary/aromatic N) is 1. The number of hydrogen-bond acceptors (Lipinski definition) is 5. The average Bonchev–Trinajstić information content (AvgIpc) is 2.23. The molecule has 0 saturated heterocycles. The number of ether oxygens (including phenoxy) is 1. The van der Waals surface area contributed by atoms with E-state index in [-0.39, 0.29) is 6.61 Å². The van der Waals surface area contributed by atoms with E-state index in [1.165, 1.54) is 0 Å². The van der Waals surface area contributed by atoms with Gasteiger partial charge < -0.3 is 20.9 Å². The zero-order chi connectivity index (χ0) is 11.1. The molecule has 0 spiro atoms. The minimum Gasteiger partial charge on any atom is -0.476 e. The summed E-state index contributed by atoms with van der Waals surface area (Å²) in [5, 5.41) is 11.7. The molecule has 5 nitrogen and oxygen atoms in total. The van der Waals surface area contributed by atoms with Crippen LogP contribution in [0.15, 0.2) is 12.1 Å². The monoisotopic (exact) mass is 211 g/mol. The van der Waals surface area contributed by atoms with Gasteiger partial charge in [-0.15, -0.1) is 0 Å². The van der Waals surface area contributed by atoms with Gasteiger partial charge in [0.15, 0.2) is 0 Å². The van der Waals surface area contributed by atoms with Gasteiger partial charge in [-0.25, -0.2) is 0 Å². The zero-order valence-corrected chi connectivity index (χ0v) is 8.86. The number of nitrogen functional groups attached to an aromatic ring is 1. The van der Waals surface area contributed by atoms with Gasteiger partial charge in [0.25, 0.3) is 0 Å². The van der Waals surface area contributed by atoms with E-state index in [0.717, 1.165) is 0 Å². The van der Waals surface area contributed by atoms with Crippen LogP contribution in [0.5, 0.6) is 5.88 Å². The van der Waals surface area contributed by atoms with Crippen LogP contribution >= 0.6 is 0 Å². The molecule has 0 aromatic carbocycles. The van der Waals surface area contributed by atoms with Crippen molar-refractivity contribution in [1.82, 2.24) is 4.98 Å². The highest BCUT2D eigenvalue weighted by Crippen LogP contribution is 2.20. The van der Waals surface area contributed by atoms with Crippen molar-refractivity contribution in [2.24, 2.45) is 0 Å². The van der Waals surface area contributed by atoms with Crippen molar-refractivity contribution in [2.75, 3.05) is 30.8 Å². The molecule has 5 heteroatoms. The molecular formula is C10H17N3O2. The smallest absolute Gasteiger partial charge is 0.239 e. The molecule has 0 amide bonds. The number of anilines is 2. The van der Waals surface area contributed by atoms with Crippen LogP contribution in [0, 0.1) is 0 Å². The van der Waals surface area contributed by atoms with Crippen molar-refractivity contribution >= 4 is 11.5 Å². The maximum atomic E-state index is 8.62. The molecule has 1 heterocycles. The third kappa shape index (κ3) is 3.63. The average molecular weight is 211 g/mol. The Labute approximate surface area is 89.3 Å². The highest BCUT2D eigenvalue weighted by Gasteiger charge is 2.02. The Hall–Kier alpha value is -1.49. The summed E-state index contributed by atoms with van der Waals surface area (Å²) in [6, 6.07) is 3.54. The molecule has 0 fully saturated rings. The Kier molecular flexibility index (Phi) is 4.70. The summed E-state index contributed by atoms with van der Waals surface area (Å²) in [6.07, 6.45) is 0.691. The molecule has 15 heavy (non-hydrogen) atoms. The quantitative estimate of drug-likeness (QED) is 0.608. The van der Waals surface area contributed by atoms with Crippen LogP contribution in [0.2, 0.25) is 0 Å². The Morgan fingerprint density at radius 3 is 3.00 bits per heavy atom. The van der Waals surface area contributed by atoms with E-state index in [2.05, 4.69) is 10.3 Å². The van der Waals surface area contributed by atoms with Crippen LogP contribution in [0.25, 0.3) is 0 Å². The van der Waals surface area contributed by atoms with Gasteiger partial charge in [0, 0.05) is 13.2 Å². The number of rotatable bonds is 6. The topological polar surface area (TPSA) is 80.4 Å². The van der Waals surface area contributed by atoms with Gasteiger partial charge in [0.2, 0.25) is 5.88 Å². The number of nitrogens with two attached hydrogens (primary N) is 1. The number of pyridine rings is 1. The molecule has 0 atom stereocenters. The van der Waals surface area contributed by atoms with E-state index in [4.69, 9.17) is 15.6 Å². The largest absolute Gasteiger partial charge is 0.476 e. The van der Waals surface area contributed by atoms with Crippen molar-refractivity contribution in [2.45, 2.75) is 13.3 Å². The second kappa shape index (κ2) is 6.08. The first-order valence-electron chi connectivity index (χ1n) is 5.02. The van der Waals surface area contributed by atoms with E-state index < -0.39 is 0 Å². The number of nitrogens with one attached hydrogen (secondary N) is 1. The Bertz CT molecular complexity index is 305. The van der Waals surface area contributed by atoms with Crippen molar-refractivity contribution in [3.05, 3.63) is 12.1 Å². The van der Waals surface area contributed by atoms with Gasteiger partial charge in [0.1, 0.15) is 5.82 Å². The Balaban J connectivity index is 2.61. The predicted octanol–water partition coefficient (Wildman–Crippen LogP) is 0.857. The highest BCUT2D eigenvalue weighted by molar-refractivity contribution is 5.53. The minimum absolute atomic E-state index is 0.167. The Morgan fingerprint density at radius 2 is 2.33 bits per heavy atom. The number of aliphatic hydroxyl groups excluding tert-OH is 1. The van der Waals surface area contributed by atoms with E-state index in [9.17, 15) is 0 Å². The third-order valence-electron chi connectivity index (χ3n) is 1.81. The summed E-state index contributed by atoms with van der Waals surface area (Å²) >= 11 is 0. The molecule has 1 rings (SSSR count). The van der Waals surface area contributed by atoms with E-state index in [0.29, 0.717) is 37.0 Å². The normalized spacial score (nSPS) is 10.0. The summed E-state index contributed by atoms with van der Waals surface area (Å²) in [7, 11) is 0. The molecule has 0 saturated carbocycles. The first-order chi connectivity index (χ1) is 7.27. The second-order valence-electron chi connectivity index (χ2n) is 3.03. The first kappa shape index (κ1) is 11.6. The van der Waals surface area contributed by atoms with Crippen molar-refractivity contribution in [3.63, 3.8) is 0 Å². The van der Waals surface area contributed by atoms with E-state index >= 15 is 0 Å². The van der Waals surface area contributed by atoms with Crippen LogP contribution < -0.4 is 15.8 Å². The maximum absolute atomic E-state index is 8.62. The molecule has 84 valence electrons. The van der Waals surface area contributed by atoms with Crippen molar-refractivity contribution in [1.29, 1.82) is 0 Å². The van der Waals surface area contributed by atoms with Gasteiger partial charge in [-0.3, -0.25) is 0 Å². The Morgan fingerprint density at radius 1 is 1.53 bits per heavy atom. The number of aliphatic hydroxyl groups is 1. The standard InChI is InChI=1S/C10H17N3O2/c1-2-15-10-8(11)4-5-9(13-10)12-6-3-7-14/h4-5,14H,2-3,6-7,11H2,1H3,(H,12,13). The van der Waals surface area contributed by atoms with E-state index in [1.807, 2.05) is 6.92 Å². The molecule has 1 aromatic heterocycles. The van der Waals surface area contributed by atoms with Crippen LogP contribution in [0.1, 0.15) is 13.3 Å². The van der Waals surface area contributed by atoms with E-state index in [1.54, 1.807) is 12.1 Å². The molecule has 0 aliphatic rings. The molecule has 1 aromatic rings. The SMILES string of the molecule is CCOc1nc(NCCCO)ccc1N. The molecule has 4 N–H and O–H groups in total. The number of hydrogen-bond donors (Lipinski definition) is 3. The van der Waals surface area contributed by atoms with Crippen LogP contribution in [0.3, 0.4) is 0 Å². The first-order valence-corrected chi connectivity index (χ1v) is 5.02. The lowest BCUT2D eigenvalue weighted by molar-refractivity contribution is 0.292. The summed E-state index contributed by atoms with van der Waals surface area (Å²) in [6.45, 7) is 3.27. The van der Waals surface area contributed by atoms with Gasteiger partial charge in [-0.05, 0) is 25.5 Å². The molecular weight excluding hydrogens is 194 g/mol. The molecule has 0 unspecified atom stereocenters. The third-order valence-corrected chi connectivity index (χ3v) is 1.81. The summed E-state index contributed by atoms with van der Waals surface area (Å²) in [5.41, 5.74) is 6.21. The van der Waals surface area contributed by atoms with Crippen LogP contribution in [0.4, 0.5) is 11.5 Å². The highest BCUT2D eigenvalue weighted by atomic mass is 16.5. The van der Waals surface area contributed by atoms with Gasteiger partial charge in [-0.2, -0.15) is 4.98 Å². The summed E-state index contributed by atoms with van der Waals surface area (Å²) in [4.78, 5) is 4.19. The van der Waals surface area contributed by atoms with Crippen LogP contribution in [-0.2, 0) is 0 Å². The minimum atomic E-state index is 0.167. The van der Waals surface area contributed by atoms with Gasteiger partial charge in [-0.1, -0.05) is 0 Å². The lowest BCUT2D eigenvalue weighted by Crippen LogP contribution is -2.07. The maximum Gasteiger partial charge on any atom is 0.239 e. The molecule has 0 aliphatic carbocycles. The lowest BCUT2D eigenvalue weighted by Gasteiger charge is -2.09. The predicted molar refractivity (Wildman–Crippen MR) is 60.0 cm³/mol. The fraction of sp³-hybridized carbons (Fsp3) is 0.500. The molecule has 0 radical (unpaired) electrons. The zero-order valence-electron chi connectivity index (χ0n) is 8.86. The molecule has 0 aliphatic heterocycles. The lowest BCUT2D eigenvalue weighted by atomic mass is 10.4. The summed E-state index contributed by atoms with van der Waals surface area (Å²) < 4.78 is 5.26. The summed E-state index contributed by atoms with van der Waals surface area (Å²) in [5.74, 6) is 1.16. The van der Waals surface area contributed by atoms with Crippen molar-refractivity contribution in [3.8, 4) is 5.88 Å². The van der Waals surface area contributed by atoms with Gasteiger partial charge >= 0.3 is 0 Å². The van der Waals surface area contributed by atoms with Gasteiger partial charge in [0.05, 0.1) is 12.3 Å². The van der Waals surface area contributed by atoms with Crippen molar-refractivity contribution < 1.29 is 9.84 Å².